The fourth-order valence-corrected chi connectivity index (χ4v) is 5.75. The van der Waals surface area contributed by atoms with Gasteiger partial charge in [-0.1, -0.05) is 12.1 Å². The quantitative estimate of drug-likeness (QED) is 0.634. The molecule has 1 aliphatic heterocycles. The molecule has 1 saturated heterocycles. The molecule has 4 rings (SSSR count). The van der Waals surface area contributed by atoms with Crippen molar-refractivity contribution in [2.45, 2.75) is 32.2 Å². The summed E-state index contributed by atoms with van der Waals surface area (Å²) in [6.45, 7) is 5.11. The first kappa shape index (κ1) is 18.6. The average molecular weight is 400 g/mol. The number of rotatable bonds is 5. The highest BCUT2D eigenvalue weighted by Gasteiger charge is 2.27. The Kier molecular flexibility index (Phi) is 5.57. The van der Waals surface area contributed by atoms with Crippen LogP contribution in [0.4, 0.5) is 0 Å². The van der Waals surface area contributed by atoms with Gasteiger partial charge in [0, 0.05) is 30.4 Å². The van der Waals surface area contributed by atoms with Gasteiger partial charge in [-0.15, -0.1) is 22.7 Å². The van der Waals surface area contributed by atoms with Gasteiger partial charge in [0.15, 0.2) is 0 Å². The van der Waals surface area contributed by atoms with E-state index >= 15 is 0 Å². The Bertz CT molecular complexity index is 899. The number of thiazole rings is 1. The van der Waals surface area contributed by atoms with Gasteiger partial charge in [-0.05, 0) is 56.0 Å². The fourth-order valence-electron chi connectivity index (χ4n) is 3.67. The second-order valence-corrected chi connectivity index (χ2v) is 9.46. The molecule has 4 nitrogen and oxygen atoms in total. The molecule has 1 aliphatic rings. The Morgan fingerprint density at radius 1 is 1.33 bits per heavy atom. The molecular weight excluding hydrogens is 374 g/mol. The molecule has 6 heteroatoms. The third-order valence-electron chi connectivity index (χ3n) is 5.22. The number of thiophene rings is 1. The lowest BCUT2D eigenvalue weighted by Crippen LogP contribution is -2.43. The Balaban J connectivity index is 1.38. The largest absolute Gasteiger partial charge is 0.341 e. The number of hydrogen-bond acceptors (Lipinski definition) is 5. The SMILES string of the molecule is Cc1ccsc1CN(C)CC(=O)N1CCC[C@H](c2nc3ccccc3s2)C1. The molecule has 0 spiro atoms. The molecule has 0 radical (unpaired) electrons. The van der Waals surface area contributed by atoms with Crippen molar-refractivity contribution in [2.75, 3.05) is 26.7 Å². The molecule has 0 bridgehead atoms. The molecule has 1 aromatic carbocycles. The summed E-state index contributed by atoms with van der Waals surface area (Å²) in [5.74, 6) is 0.600. The van der Waals surface area contributed by atoms with Crippen LogP contribution in [0.1, 0.15) is 34.2 Å². The predicted octanol–water partition coefficient (Wildman–Crippen LogP) is 4.50. The topological polar surface area (TPSA) is 36.4 Å². The van der Waals surface area contributed by atoms with E-state index in [9.17, 15) is 4.79 Å². The molecule has 3 aromatic rings. The van der Waals surface area contributed by atoms with Crippen molar-refractivity contribution in [3.8, 4) is 0 Å². The third-order valence-corrected chi connectivity index (χ3v) is 7.43. The number of benzene rings is 1. The van der Waals surface area contributed by atoms with Crippen LogP contribution in [0, 0.1) is 6.92 Å². The highest BCUT2D eigenvalue weighted by Crippen LogP contribution is 2.33. The maximum atomic E-state index is 12.8. The van der Waals surface area contributed by atoms with Crippen LogP contribution in [0.25, 0.3) is 10.2 Å². The molecule has 0 saturated carbocycles. The van der Waals surface area contributed by atoms with Crippen LogP contribution in [0.5, 0.6) is 0 Å². The highest BCUT2D eigenvalue weighted by atomic mass is 32.1. The molecular formula is C21H25N3OS2. The Morgan fingerprint density at radius 3 is 2.96 bits per heavy atom. The van der Waals surface area contributed by atoms with E-state index < -0.39 is 0 Å². The van der Waals surface area contributed by atoms with Gasteiger partial charge in [0.2, 0.25) is 5.91 Å². The summed E-state index contributed by atoms with van der Waals surface area (Å²) < 4.78 is 1.24. The van der Waals surface area contributed by atoms with Gasteiger partial charge in [-0.3, -0.25) is 9.69 Å². The lowest BCUT2D eigenvalue weighted by atomic mass is 9.98. The number of likely N-dealkylation sites (N-methyl/N-ethyl adjacent to an activating group) is 1. The zero-order valence-corrected chi connectivity index (χ0v) is 17.5. The van der Waals surface area contributed by atoms with Gasteiger partial charge in [0.05, 0.1) is 21.8 Å². The van der Waals surface area contributed by atoms with Gasteiger partial charge in [-0.2, -0.15) is 0 Å². The molecule has 1 fully saturated rings. The van der Waals surface area contributed by atoms with E-state index in [1.54, 1.807) is 22.7 Å². The van der Waals surface area contributed by atoms with Crippen molar-refractivity contribution < 1.29 is 4.79 Å². The minimum Gasteiger partial charge on any atom is -0.341 e. The summed E-state index contributed by atoms with van der Waals surface area (Å²) in [5.41, 5.74) is 2.39. The van der Waals surface area contributed by atoms with Crippen molar-refractivity contribution >= 4 is 38.8 Å². The summed E-state index contributed by atoms with van der Waals surface area (Å²) in [7, 11) is 2.03. The van der Waals surface area contributed by atoms with Gasteiger partial charge < -0.3 is 4.90 Å². The average Bonchev–Trinajstić information content (AvgIpc) is 3.28. The third kappa shape index (κ3) is 4.23. The number of piperidine rings is 1. The predicted molar refractivity (Wildman–Crippen MR) is 114 cm³/mol. The Labute approximate surface area is 168 Å². The van der Waals surface area contributed by atoms with E-state index in [1.807, 2.05) is 18.0 Å². The van der Waals surface area contributed by atoms with Gasteiger partial charge in [0.25, 0.3) is 0 Å². The van der Waals surface area contributed by atoms with Crippen molar-refractivity contribution in [3.05, 3.63) is 51.2 Å². The van der Waals surface area contributed by atoms with Gasteiger partial charge >= 0.3 is 0 Å². The lowest BCUT2D eigenvalue weighted by Gasteiger charge is -2.33. The first-order chi connectivity index (χ1) is 13.1. The molecule has 0 unspecified atom stereocenters. The van der Waals surface area contributed by atoms with Crippen molar-refractivity contribution in [1.29, 1.82) is 0 Å². The summed E-state index contributed by atoms with van der Waals surface area (Å²) in [6.07, 6.45) is 2.17. The molecule has 0 N–H and O–H groups in total. The zero-order chi connectivity index (χ0) is 18.8. The number of carbonyl (C=O) groups excluding carboxylic acids is 1. The van der Waals surface area contributed by atoms with Crippen LogP contribution in [0.3, 0.4) is 0 Å². The molecule has 1 amide bonds. The Morgan fingerprint density at radius 2 is 2.19 bits per heavy atom. The van der Waals surface area contributed by atoms with E-state index in [4.69, 9.17) is 4.98 Å². The molecule has 2 aromatic heterocycles. The molecule has 3 heterocycles. The van der Waals surface area contributed by atoms with E-state index in [2.05, 4.69) is 41.5 Å². The number of nitrogens with zero attached hydrogens (tertiary/aromatic N) is 3. The molecule has 0 aliphatic carbocycles. The zero-order valence-electron chi connectivity index (χ0n) is 15.9. The molecule has 1 atom stereocenters. The number of amides is 1. The Hall–Kier alpha value is -1.76. The fraction of sp³-hybridized carbons (Fsp3) is 0.429. The minimum atomic E-state index is 0.234. The number of fused-ring (bicyclic) bond motifs is 1. The first-order valence-corrected chi connectivity index (χ1v) is 11.1. The number of para-hydroxylation sites is 1. The number of carbonyl (C=O) groups is 1. The molecule has 142 valence electrons. The van der Waals surface area contributed by atoms with Gasteiger partial charge in [0.1, 0.15) is 0 Å². The van der Waals surface area contributed by atoms with E-state index in [-0.39, 0.29) is 5.91 Å². The number of aryl methyl sites for hydroxylation is 1. The standard InChI is InChI=1S/C21H25N3OS2/c1-15-9-11-26-19(15)13-23(2)14-20(25)24-10-5-6-16(12-24)21-22-17-7-3-4-8-18(17)27-21/h3-4,7-9,11,16H,5-6,10,12-14H2,1-2H3/t16-/m0/s1. The normalized spacial score (nSPS) is 17.7. The number of hydrogen-bond donors (Lipinski definition) is 0. The summed E-state index contributed by atoms with van der Waals surface area (Å²) in [4.78, 5) is 23.2. The number of aromatic nitrogens is 1. The van der Waals surface area contributed by atoms with Crippen molar-refractivity contribution in [2.24, 2.45) is 0 Å². The smallest absolute Gasteiger partial charge is 0.236 e. The van der Waals surface area contributed by atoms with E-state index in [0.717, 1.165) is 38.0 Å². The monoisotopic (exact) mass is 399 g/mol. The lowest BCUT2D eigenvalue weighted by molar-refractivity contribution is -0.133. The summed E-state index contributed by atoms with van der Waals surface area (Å²) >= 11 is 3.54. The van der Waals surface area contributed by atoms with Crippen molar-refractivity contribution in [3.63, 3.8) is 0 Å². The van der Waals surface area contributed by atoms with E-state index in [1.165, 1.54) is 20.1 Å². The minimum absolute atomic E-state index is 0.234. The van der Waals surface area contributed by atoms with E-state index in [0.29, 0.717) is 12.5 Å². The van der Waals surface area contributed by atoms with Gasteiger partial charge in [-0.25, -0.2) is 4.98 Å². The first-order valence-electron chi connectivity index (χ1n) is 9.45. The summed E-state index contributed by atoms with van der Waals surface area (Å²) in [6, 6.07) is 10.4. The summed E-state index contributed by atoms with van der Waals surface area (Å²) in [5, 5.41) is 3.30. The van der Waals surface area contributed by atoms with Crippen LogP contribution in [-0.2, 0) is 11.3 Å². The maximum absolute atomic E-state index is 12.8. The molecule has 27 heavy (non-hydrogen) atoms. The van der Waals surface area contributed by atoms with Crippen molar-refractivity contribution in [1.82, 2.24) is 14.8 Å². The van der Waals surface area contributed by atoms with Crippen LogP contribution in [-0.4, -0.2) is 47.4 Å². The van der Waals surface area contributed by atoms with Crippen LogP contribution in [0.2, 0.25) is 0 Å². The second kappa shape index (κ2) is 8.09. The van der Waals surface area contributed by atoms with Crippen LogP contribution < -0.4 is 0 Å². The maximum Gasteiger partial charge on any atom is 0.236 e. The van der Waals surface area contributed by atoms with Crippen LogP contribution >= 0.6 is 22.7 Å². The highest BCUT2D eigenvalue weighted by molar-refractivity contribution is 7.18. The second-order valence-electron chi connectivity index (χ2n) is 7.40. The van der Waals surface area contributed by atoms with Crippen LogP contribution in [0.15, 0.2) is 35.7 Å². The number of likely N-dealkylation sites (tertiary alicyclic amines) is 1.